The maximum Gasteiger partial charge on any atom is 0.238 e. The van der Waals surface area contributed by atoms with Crippen molar-refractivity contribution in [3.8, 4) is 0 Å². The van der Waals surface area contributed by atoms with Gasteiger partial charge in [0.1, 0.15) is 0 Å². The third-order valence-electron chi connectivity index (χ3n) is 1.86. The molecule has 0 radical (unpaired) electrons. The maximum absolute atomic E-state index is 4.97. The number of H-pyrrole nitrogens is 1. The Morgan fingerprint density at radius 1 is 1.71 bits per heavy atom. The van der Waals surface area contributed by atoms with Gasteiger partial charge in [0.25, 0.3) is 0 Å². The van der Waals surface area contributed by atoms with E-state index in [0.29, 0.717) is 10.7 Å². The van der Waals surface area contributed by atoms with Crippen LogP contribution < -0.4 is 0 Å². The zero-order valence-electron chi connectivity index (χ0n) is 7.54. The molecule has 5 nitrogen and oxygen atoms in total. The summed E-state index contributed by atoms with van der Waals surface area (Å²) in [6.45, 7) is 2.83. The van der Waals surface area contributed by atoms with Gasteiger partial charge in [-0.05, 0) is 12.2 Å². The van der Waals surface area contributed by atoms with Gasteiger partial charge in [0, 0.05) is 17.5 Å². The van der Waals surface area contributed by atoms with Gasteiger partial charge in [-0.25, -0.2) is 9.67 Å². The van der Waals surface area contributed by atoms with Crippen molar-refractivity contribution >= 4 is 23.6 Å². The molecule has 0 amide bonds. The number of nitrogens with one attached hydrogen (secondary N) is 1. The predicted octanol–water partition coefficient (Wildman–Crippen LogP) is 1.60. The molecule has 2 aromatic heterocycles. The molecule has 0 bridgehead atoms. The van der Waals surface area contributed by atoms with Crippen molar-refractivity contribution < 1.29 is 0 Å². The van der Waals surface area contributed by atoms with E-state index < -0.39 is 0 Å². The molecule has 0 aliphatic carbocycles. The second kappa shape index (κ2) is 3.97. The molecular formula is C7H9N5S2. The Labute approximate surface area is 89.8 Å². The van der Waals surface area contributed by atoms with Gasteiger partial charge < -0.3 is 0 Å². The average molecular weight is 227 g/mol. The molecule has 0 saturated heterocycles. The number of nitrogens with zero attached hydrogens (tertiary/aromatic N) is 4. The topological polar surface area (TPSA) is 59.4 Å². The highest BCUT2D eigenvalue weighted by Crippen LogP contribution is 2.18. The van der Waals surface area contributed by atoms with Gasteiger partial charge in [-0.3, -0.25) is 0 Å². The van der Waals surface area contributed by atoms with E-state index in [0.717, 1.165) is 11.6 Å². The molecule has 74 valence electrons. The molecule has 1 N–H and O–H groups in total. The molecular weight excluding hydrogens is 218 g/mol. The number of hydrogen-bond acceptors (Lipinski definition) is 5. The van der Waals surface area contributed by atoms with Crippen LogP contribution in [0, 0.1) is 4.77 Å². The average Bonchev–Trinajstić information content (AvgIpc) is 2.77. The van der Waals surface area contributed by atoms with E-state index in [1.165, 1.54) is 0 Å². The normalized spacial score (nSPS) is 12.9. The van der Waals surface area contributed by atoms with E-state index in [1.807, 2.05) is 5.38 Å². The Morgan fingerprint density at radius 2 is 2.57 bits per heavy atom. The van der Waals surface area contributed by atoms with Crippen molar-refractivity contribution in [2.24, 2.45) is 0 Å². The Morgan fingerprint density at radius 3 is 3.14 bits per heavy atom. The highest BCUT2D eigenvalue weighted by Gasteiger charge is 2.09. The van der Waals surface area contributed by atoms with Gasteiger partial charge in [0.2, 0.25) is 4.77 Å². The summed E-state index contributed by atoms with van der Waals surface area (Å²) in [5.41, 5.74) is 0. The van der Waals surface area contributed by atoms with Gasteiger partial charge in [-0.15, -0.1) is 11.3 Å². The fraction of sp³-hybridized carbons (Fsp3) is 0.429. The fourth-order valence-electron chi connectivity index (χ4n) is 1.16. The van der Waals surface area contributed by atoms with E-state index in [1.54, 1.807) is 22.2 Å². The third-order valence-corrected chi connectivity index (χ3v) is 3.17. The lowest BCUT2D eigenvalue weighted by atomic mass is 10.2. The van der Waals surface area contributed by atoms with Crippen molar-refractivity contribution in [1.82, 2.24) is 25.2 Å². The van der Waals surface area contributed by atoms with Crippen molar-refractivity contribution in [3.63, 3.8) is 0 Å². The summed E-state index contributed by atoms with van der Waals surface area (Å²) >= 11 is 6.62. The number of aromatic nitrogens is 5. The summed E-state index contributed by atoms with van der Waals surface area (Å²) in [6, 6.07) is 0. The Bertz CT molecular complexity index is 443. The number of thiazole rings is 1. The monoisotopic (exact) mass is 227 g/mol. The molecule has 0 aliphatic rings. The van der Waals surface area contributed by atoms with Crippen LogP contribution in [0.5, 0.6) is 0 Å². The standard InChI is InChI=1S/C7H9N5S2/c1-5(6-8-2-3-14-6)4-12-7(13)9-10-11-12/h2-3,5H,4H2,1H3,(H,9,11,13). The molecule has 0 spiro atoms. The molecule has 1 unspecified atom stereocenters. The van der Waals surface area contributed by atoms with Crippen LogP contribution in [0.25, 0.3) is 0 Å². The van der Waals surface area contributed by atoms with Gasteiger partial charge in [0.15, 0.2) is 0 Å². The first kappa shape index (κ1) is 9.47. The Kier molecular flexibility index (Phi) is 2.69. The van der Waals surface area contributed by atoms with Crippen LogP contribution in [0.3, 0.4) is 0 Å². The Balaban J connectivity index is 2.13. The van der Waals surface area contributed by atoms with Crippen LogP contribution >= 0.6 is 23.6 Å². The van der Waals surface area contributed by atoms with Crippen molar-refractivity contribution in [2.75, 3.05) is 0 Å². The van der Waals surface area contributed by atoms with Crippen LogP contribution in [-0.2, 0) is 6.54 Å². The molecule has 7 heteroatoms. The largest absolute Gasteiger partial charge is 0.249 e. The van der Waals surface area contributed by atoms with Gasteiger partial charge in [-0.2, -0.15) is 5.21 Å². The van der Waals surface area contributed by atoms with E-state index in [9.17, 15) is 0 Å². The van der Waals surface area contributed by atoms with Crippen LogP contribution in [0.1, 0.15) is 17.8 Å². The molecule has 0 fully saturated rings. The molecule has 2 aromatic rings. The van der Waals surface area contributed by atoms with Crippen molar-refractivity contribution in [3.05, 3.63) is 21.4 Å². The summed E-state index contributed by atoms with van der Waals surface area (Å²) < 4.78 is 2.22. The van der Waals surface area contributed by atoms with E-state index in [-0.39, 0.29) is 0 Å². The molecule has 0 aromatic carbocycles. The Hall–Kier alpha value is -1.08. The zero-order chi connectivity index (χ0) is 9.97. The van der Waals surface area contributed by atoms with Gasteiger partial charge >= 0.3 is 0 Å². The second-order valence-corrected chi connectivity index (χ2v) is 4.26. The minimum Gasteiger partial charge on any atom is -0.249 e. The quantitative estimate of drug-likeness (QED) is 0.809. The van der Waals surface area contributed by atoms with E-state index in [4.69, 9.17) is 12.2 Å². The SMILES string of the molecule is CC(Cn1[nH]nnc1=S)c1nccs1. The molecule has 2 heterocycles. The number of tetrazole rings is 1. The number of hydrogen-bond donors (Lipinski definition) is 1. The fourth-order valence-corrected chi connectivity index (χ4v) is 2.01. The van der Waals surface area contributed by atoms with Gasteiger partial charge in [0.05, 0.1) is 11.6 Å². The third kappa shape index (κ3) is 1.88. The molecule has 0 aliphatic heterocycles. The predicted molar refractivity (Wildman–Crippen MR) is 55.7 cm³/mol. The van der Waals surface area contributed by atoms with Crippen LogP contribution in [0.2, 0.25) is 0 Å². The summed E-state index contributed by atoms with van der Waals surface area (Å²) in [4.78, 5) is 4.24. The highest BCUT2D eigenvalue weighted by atomic mass is 32.1. The van der Waals surface area contributed by atoms with Crippen molar-refractivity contribution in [2.45, 2.75) is 19.4 Å². The number of aromatic amines is 1. The summed E-state index contributed by atoms with van der Waals surface area (Å²) in [6.07, 6.45) is 1.81. The summed E-state index contributed by atoms with van der Waals surface area (Å²) in [5, 5.41) is 13.1. The zero-order valence-corrected chi connectivity index (χ0v) is 9.18. The molecule has 2 rings (SSSR count). The molecule has 0 saturated carbocycles. The summed E-state index contributed by atoms with van der Waals surface area (Å²) in [7, 11) is 0. The number of rotatable bonds is 3. The van der Waals surface area contributed by atoms with Crippen molar-refractivity contribution in [1.29, 1.82) is 0 Å². The lowest BCUT2D eigenvalue weighted by Crippen LogP contribution is -2.07. The highest BCUT2D eigenvalue weighted by molar-refractivity contribution is 7.71. The minimum absolute atomic E-state index is 0.323. The lowest BCUT2D eigenvalue weighted by molar-refractivity contribution is 0.521. The second-order valence-electron chi connectivity index (χ2n) is 2.96. The van der Waals surface area contributed by atoms with E-state index >= 15 is 0 Å². The maximum atomic E-state index is 4.97. The van der Waals surface area contributed by atoms with Gasteiger partial charge in [-0.1, -0.05) is 17.2 Å². The first-order valence-electron chi connectivity index (χ1n) is 4.14. The minimum atomic E-state index is 0.323. The van der Waals surface area contributed by atoms with Crippen LogP contribution in [0.15, 0.2) is 11.6 Å². The van der Waals surface area contributed by atoms with Crippen LogP contribution in [0.4, 0.5) is 0 Å². The van der Waals surface area contributed by atoms with E-state index in [2.05, 4.69) is 27.4 Å². The smallest absolute Gasteiger partial charge is 0.238 e. The first-order valence-corrected chi connectivity index (χ1v) is 5.43. The first-order chi connectivity index (χ1) is 6.77. The van der Waals surface area contributed by atoms with Crippen LogP contribution in [-0.4, -0.2) is 25.2 Å². The molecule has 1 atom stereocenters. The lowest BCUT2D eigenvalue weighted by Gasteiger charge is -2.06. The summed E-state index contributed by atoms with van der Waals surface area (Å²) in [5.74, 6) is 0.323. The molecule has 14 heavy (non-hydrogen) atoms.